The SMILES string of the molecule is CCOC(=O)NS(=O)(=O)c1cccc(Cl)c1. The van der Waals surface area contributed by atoms with Gasteiger partial charge in [-0.15, -0.1) is 0 Å². The van der Waals surface area contributed by atoms with Crippen LogP contribution in [0, 0.1) is 0 Å². The van der Waals surface area contributed by atoms with Gasteiger partial charge in [-0.1, -0.05) is 17.7 Å². The van der Waals surface area contributed by atoms with E-state index in [-0.39, 0.29) is 16.5 Å². The molecular formula is C9H10ClNO4S. The van der Waals surface area contributed by atoms with E-state index in [1.165, 1.54) is 24.3 Å². The highest BCUT2D eigenvalue weighted by molar-refractivity contribution is 7.90. The zero-order chi connectivity index (χ0) is 12.2. The number of hydrogen-bond acceptors (Lipinski definition) is 4. The van der Waals surface area contributed by atoms with Crippen molar-refractivity contribution < 1.29 is 17.9 Å². The maximum Gasteiger partial charge on any atom is 0.421 e. The van der Waals surface area contributed by atoms with Gasteiger partial charge in [0, 0.05) is 5.02 Å². The number of carbonyl (C=O) groups is 1. The Labute approximate surface area is 98.4 Å². The molecule has 0 spiro atoms. The molecule has 5 nitrogen and oxygen atoms in total. The van der Waals surface area contributed by atoms with Crippen LogP contribution in [0.4, 0.5) is 4.79 Å². The minimum atomic E-state index is -3.91. The molecule has 0 aromatic heterocycles. The van der Waals surface area contributed by atoms with E-state index in [9.17, 15) is 13.2 Å². The van der Waals surface area contributed by atoms with Gasteiger partial charge in [0.25, 0.3) is 10.0 Å². The van der Waals surface area contributed by atoms with Crippen molar-refractivity contribution in [2.45, 2.75) is 11.8 Å². The second kappa shape index (κ2) is 5.18. The molecule has 1 rings (SSSR count). The van der Waals surface area contributed by atoms with Gasteiger partial charge < -0.3 is 4.74 Å². The third-order valence-electron chi connectivity index (χ3n) is 1.60. The molecule has 1 aromatic rings. The Kier molecular flexibility index (Phi) is 4.14. The second-order valence-electron chi connectivity index (χ2n) is 2.78. The Morgan fingerprint density at radius 2 is 2.19 bits per heavy atom. The molecule has 0 saturated carbocycles. The van der Waals surface area contributed by atoms with Gasteiger partial charge in [-0.2, -0.15) is 0 Å². The molecule has 0 aliphatic carbocycles. The minimum absolute atomic E-state index is 0.0898. The lowest BCUT2D eigenvalue weighted by Crippen LogP contribution is -2.31. The van der Waals surface area contributed by atoms with Crippen LogP contribution < -0.4 is 4.72 Å². The number of sulfonamides is 1. The van der Waals surface area contributed by atoms with Crippen LogP contribution in [-0.4, -0.2) is 21.1 Å². The van der Waals surface area contributed by atoms with E-state index in [2.05, 4.69) is 4.74 Å². The highest BCUT2D eigenvalue weighted by Gasteiger charge is 2.18. The minimum Gasteiger partial charge on any atom is -0.449 e. The topological polar surface area (TPSA) is 72.5 Å². The number of amides is 1. The molecule has 0 heterocycles. The Morgan fingerprint density at radius 1 is 1.50 bits per heavy atom. The molecule has 0 aliphatic rings. The molecule has 88 valence electrons. The highest BCUT2D eigenvalue weighted by Crippen LogP contribution is 2.15. The molecule has 1 aromatic carbocycles. The van der Waals surface area contributed by atoms with Crippen molar-refractivity contribution in [3.05, 3.63) is 29.3 Å². The van der Waals surface area contributed by atoms with Crippen LogP contribution in [0.5, 0.6) is 0 Å². The molecule has 1 amide bonds. The Bertz CT molecular complexity index is 486. The number of hydrogen-bond donors (Lipinski definition) is 1. The largest absolute Gasteiger partial charge is 0.449 e. The summed E-state index contributed by atoms with van der Waals surface area (Å²) in [7, 11) is -3.91. The third-order valence-corrected chi connectivity index (χ3v) is 3.14. The van der Waals surface area contributed by atoms with Crippen molar-refractivity contribution in [1.82, 2.24) is 4.72 Å². The lowest BCUT2D eigenvalue weighted by Gasteiger charge is -2.06. The van der Waals surface area contributed by atoms with Crippen LogP contribution in [0.15, 0.2) is 29.2 Å². The molecule has 1 N–H and O–H groups in total. The van der Waals surface area contributed by atoms with Crippen molar-refractivity contribution in [3.63, 3.8) is 0 Å². The van der Waals surface area contributed by atoms with E-state index in [0.717, 1.165) is 0 Å². The summed E-state index contributed by atoms with van der Waals surface area (Å²) in [6.45, 7) is 1.67. The van der Waals surface area contributed by atoms with E-state index < -0.39 is 16.1 Å². The standard InChI is InChI=1S/C9H10ClNO4S/c1-2-15-9(12)11-16(13,14)8-5-3-4-7(10)6-8/h3-6H,2H2,1H3,(H,11,12). The fraction of sp³-hybridized carbons (Fsp3) is 0.222. The second-order valence-corrected chi connectivity index (χ2v) is 4.90. The summed E-state index contributed by atoms with van der Waals surface area (Å²) in [6, 6.07) is 5.57. The summed E-state index contributed by atoms with van der Waals surface area (Å²) in [5.41, 5.74) is 0. The summed E-state index contributed by atoms with van der Waals surface area (Å²) in [5, 5.41) is 0.270. The Hall–Kier alpha value is -1.27. The third kappa shape index (κ3) is 3.39. The molecular weight excluding hydrogens is 254 g/mol. The smallest absolute Gasteiger partial charge is 0.421 e. The first-order chi connectivity index (χ1) is 7.45. The number of carbonyl (C=O) groups excluding carboxylic acids is 1. The number of ether oxygens (including phenoxy) is 1. The van der Waals surface area contributed by atoms with Crippen LogP contribution in [-0.2, 0) is 14.8 Å². The van der Waals surface area contributed by atoms with Gasteiger partial charge in [0.1, 0.15) is 0 Å². The van der Waals surface area contributed by atoms with Crippen LogP contribution in [0.3, 0.4) is 0 Å². The summed E-state index contributed by atoms with van der Waals surface area (Å²) in [6.07, 6.45) is -1.01. The van der Waals surface area contributed by atoms with E-state index in [1.807, 2.05) is 0 Å². The molecule has 0 aliphatic heterocycles. The molecule has 0 bridgehead atoms. The van der Waals surface area contributed by atoms with Crippen molar-refractivity contribution in [2.75, 3.05) is 6.61 Å². The van der Waals surface area contributed by atoms with Crippen LogP contribution >= 0.6 is 11.6 Å². The number of halogens is 1. The molecule has 0 atom stereocenters. The summed E-state index contributed by atoms with van der Waals surface area (Å²) >= 11 is 5.64. The lowest BCUT2D eigenvalue weighted by atomic mass is 10.4. The monoisotopic (exact) mass is 263 g/mol. The van der Waals surface area contributed by atoms with E-state index in [1.54, 1.807) is 11.6 Å². The first-order valence-corrected chi connectivity index (χ1v) is 6.27. The van der Waals surface area contributed by atoms with Crippen LogP contribution in [0.1, 0.15) is 6.92 Å². The predicted molar refractivity (Wildman–Crippen MR) is 58.8 cm³/mol. The fourth-order valence-electron chi connectivity index (χ4n) is 0.963. The first-order valence-electron chi connectivity index (χ1n) is 4.41. The molecule has 7 heteroatoms. The maximum absolute atomic E-state index is 11.6. The normalized spacial score (nSPS) is 10.9. The zero-order valence-corrected chi connectivity index (χ0v) is 10.0. The summed E-state index contributed by atoms with van der Waals surface area (Å²) in [5.74, 6) is 0. The quantitative estimate of drug-likeness (QED) is 0.902. The predicted octanol–water partition coefficient (Wildman–Crippen LogP) is 1.77. The zero-order valence-electron chi connectivity index (χ0n) is 8.44. The van der Waals surface area contributed by atoms with E-state index >= 15 is 0 Å². The maximum atomic E-state index is 11.6. The lowest BCUT2D eigenvalue weighted by molar-refractivity contribution is 0.158. The van der Waals surface area contributed by atoms with Crippen molar-refractivity contribution >= 4 is 27.7 Å². The molecule has 16 heavy (non-hydrogen) atoms. The number of nitrogens with one attached hydrogen (secondary N) is 1. The van der Waals surface area contributed by atoms with Crippen LogP contribution in [0.25, 0.3) is 0 Å². The van der Waals surface area contributed by atoms with Gasteiger partial charge in [0.15, 0.2) is 0 Å². The van der Waals surface area contributed by atoms with E-state index in [0.29, 0.717) is 0 Å². The Morgan fingerprint density at radius 3 is 2.75 bits per heavy atom. The average Bonchev–Trinajstić information content (AvgIpc) is 2.17. The highest BCUT2D eigenvalue weighted by atomic mass is 35.5. The average molecular weight is 264 g/mol. The Balaban J connectivity index is 2.90. The van der Waals surface area contributed by atoms with Gasteiger partial charge >= 0.3 is 6.09 Å². The number of benzene rings is 1. The molecule has 0 fully saturated rings. The van der Waals surface area contributed by atoms with Crippen molar-refractivity contribution in [2.24, 2.45) is 0 Å². The fourth-order valence-corrected chi connectivity index (χ4v) is 2.15. The van der Waals surface area contributed by atoms with Gasteiger partial charge in [0.05, 0.1) is 11.5 Å². The van der Waals surface area contributed by atoms with Gasteiger partial charge in [-0.25, -0.2) is 17.9 Å². The van der Waals surface area contributed by atoms with Gasteiger partial charge in [0.2, 0.25) is 0 Å². The molecule has 0 saturated heterocycles. The van der Waals surface area contributed by atoms with E-state index in [4.69, 9.17) is 11.6 Å². The van der Waals surface area contributed by atoms with Gasteiger partial charge in [-0.05, 0) is 25.1 Å². The summed E-state index contributed by atoms with van der Waals surface area (Å²) < 4.78 is 29.4. The molecule has 0 radical (unpaired) electrons. The first kappa shape index (κ1) is 12.8. The van der Waals surface area contributed by atoms with Crippen molar-refractivity contribution in [1.29, 1.82) is 0 Å². The van der Waals surface area contributed by atoms with Gasteiger partial charge in [-0.3, -0.25) is 0 Å². The van der Waals surface area contributed by atoms with Crippen molar-refractivity contribution in [3.8, 4) is 0 Å². The number of rotatable bonds is 3. The summed E-state index contributed by atoms with van der Waals surface area (Å²) in [4.78, 5) is 10.9. The van der Waals surface area contributed by atoms with Crippen LogP contribution in [0.2, 0.25) is 5.02 Å². The molecule has 0 unspecified atom stereocenters.